The molecule has 6 aromatic rings. The average molecular weight is 485 g/mol. The molecule has 0 saturated heterocycles. The van der Waals surface area contributed by atoms with Crippen LogP contribution in [0.3, 0.4) is 0 Å². The van der Waals surface area contributed by atoms with E-state index in [0.29, 0.717) is 0 Å². The van der Waals surface area contributed by atoms with Gasteiger partial charge in [-0.3, -0.25) is 0 Å². The molecular formula is C38H28. The Morgan fingerprint density at radius 1 is 0.289 bits per heavy atom. The Balaban J connectivity index is 1.78. The summed E-state index contributed by atoms with van der Waals surface area (Å²) in [6, 6.07) is 60.5. The molecule has 0 heterocycles. The second-order valence-electron chi connectivity index (χ2n) is 9.31. The van der Waals surface area contributed by atoms with Gasteiger partial charge in [-0.15, -0.1) is 0 Å². The number of hydrogen-bond donors (Lipinski definition) is 0. The lowest BCUT2D eigenvalue weighted by Gasteiger charge is -2.22. The van der Waals surface area contributed by atoms with Gasteiger partial charge in [-0.25, -0.2) is 0 Å². The molecule has 0 radical (unpaired) electrons. The third-order valence-corrected chi connectivity index (χ3v) is 6.92. The lowest BCUT2D eigenvalue weighted by molar-refractivity contribution is 1.49. The normalized spacial score (nSPS) is 10.6. The molecule has 0 aliphatic rings. The third-order valence-electron chi connectivity index (χ3n) is 6.92. The molecule has 180 valence electrons. The van der Waals surface area contributed by atoms with Crippen molar-refractivity contribution >= 4 is 11.1 Å². The van der Waals surface area contributed by atoms with Crippen LogP contribution < -0.4 is 0 Å². The Hall–Kier alpha value is -4.94. The van der Waals surface area contributed by atoms with Gasteiger partial charge in [-0.05, 0) is 55.7 Å². The van der Waals surface area contributed by atoms with Crippen molar-refractivity contribution in [2.45, 2.75) is 0 Å². The zero-order chi connectivity index (χ0) is 25.6. The molecule has 0 N–H and O–H groups in total. The maximum atomic E-state index is 2.28. The van der Waals surface area contributed by atoms with Crippen LogP contribution in [-0.4, -0.2) is 0 Å². The predicted octanol–water partition coefficient (Wildman–Crippen LogP) is 10.0. The second kappa shape index (κ2) is 11.0. The Labute approximate surface area is 225 Å². The van der Waals surface area contributed by atoms with Gasteiger partial charge in [0.15, 0.2) is 0 Å². The zero-order valence-electron chi connectivity index (χ0n) is 21.2. The first-order valence-electron chi connectivity index (χ1n) is 13.0. The van der Waals surface area contributed by atoms with Crippen molar-refractivity contribution in [3.63, 3.8) is 0 Å². The van der Waals surface area contributed by atoms with E-state index in [4.69, 9.17) is 0 Å². The van der Waals surface area contributed by atoms with Crippen LogP contribution in [0.4, 0.5) is 0 Å². The van der Waals surface area contributed by atoms with Gasteiger partial charge >= 0.3 is 0 Å². The Morgan fingerprint density at radius 3 is 1.16 bits per heavy atom. The molecule has 6 aromatic carbocycles. The molecule has 38 heavy (non-hydrogen) atoms. The number of benzene rings is 6. The van der Waals surface area contributed by atoms with Gasteiger partial charge in [-0.2, -0.15) is 0 Å². The van der Waals surface area contributed by atoms with Crippen LogP contribution in [0.2, 0.25) is 0 Å². The molecular weight excluding hydrogens is 456 g/mol. The van der Waals surface area contributed by atoms with E-state index in [1.807, 2.05) is 0 Å². The summed E-state index contributed by atoms with van der Waals surface area (Å²) in [5.74, 6) is 0. The molecule has 6 rings (SSSR count). The first-order chi connectivity index (χ1) is 18.9. The second-order valence-corrected chi connectivity index (χ2v) is 9.31. The summed E-state index contributed by atoms with van der Waals surface area (Å²) < 4.78 is 0. The van der Waals surface area contributed by atoms with Crippen LogP contribution in [0, 0.1) is 0 Å². The summed E-state index contributed by atoms with van der Waals surface area (Å²) in [5, 5.41) is 0. The van der Waals surface area contributed by atoms with Gasteiger partial charge < -0.3 is 0 Å². The molecule has 0 bridgehead atoms. The minimum Gasteiger partial charge on any atom is -0.0622 e. The van der Waals surface area contributed by atoms with E-state index in [1.54, 1.807) is 0 Å². The van der Waals surface area contributed by atoms with E-state index in [1.165, 1.54) is 55.7 Å². The summed E-state index contributed by atoms with van der Waals surface area (Å²) >= 11 is 0. The number of rotatable bonds is 6. The van der Waals surface area contributed by atoms with Crippen molar-refractivity contribution in [1.29, 1.82) is 0 Å². The maximum Gasteiger partial charge on any atom is -0.00204 e. The van der Waals surface area contributed by atoms with E-state index in [9.17, 15) is 0 Å². The van der Waals surface area contributed by atoms with Gasteiger partial charge in [0.05, 0.1) is 0 Å². The van der Waals surface area contributed by atoms with Crippen LogP contribution in [-0.2, 0) is 0 Å². The maximum absolute atomic E-state index is 2.28. The molecule has 0 fully saturated rings. The highest BCUT2D eigenvalue weighted by atomic mass is 14.2. The van der Waals surface area contributed by atoms with Crippen LogP contribution >= 0.6 is 0 Å². The molecule has 0 saturated carbocycles. The molecule has 0 atom stereocenters. The standard InChI is InChI=1S/C38H28/c1-6-17-29(18-7-1)34-27-16-28-35(37(34)32-23-12-4-13-24-32)38(33-25-14-5-15-26-33)36(30-19-8-2-9-20-30)31-21-10-3-11-22-31/h1-28H. The van der Waals surface area contributed by atoms with E-state index in [0.717, 1.165) is 0 Å². The highest BCUT2D eigenvalue weighted by Crippen LogP contribution is 2.44. The lowest BCUT2D eigenvalue weighted by atomic mass is 9.80. The Morgan fingerprint density at radius 2 is 0.684 bits per heavy atom. The fourth-order valence-corrected chi connectivity index (χ4v) is 5.24. The van der Waals surface area contributed by atoms with Crippen molar-refractivity contribution in [3.05, 3.63) is 192 Å². The summed E-state index contributed by atoms with van der Waals surface area (Å²) in [4.78, 5) is 0. The highest BCUT2D eigenvalue weighted by molar-refractivity contribution is 6.08. The Bertz CT molecular complexity index is 1610. The van der Waals surface area contributed by atoms with Crippen LogP contribution in [0.15, 0.2) is 170 Å². The van der Waals surface area contributed by atoms with Gasteiger partial charge in [0.25, 0.3) is 0 Å². The van der Waals surface area contributed by atoms with Crippen LogP contribution in [0.25, 0.3) is 33.4 Å². The van der Waals surface area contributed by atoms with E-state index in [-0.39, 0.29) is 0 Å². The third kappa shape index (κ3) is 4.73. The van der Waals surface area contributed by atoms with E-state index >= 15 is 0 Å². The highest BCUT2D eigenvalue weighted by Gasteiger charge is 2.21. The molecule has 0 aliphatic carbocycles. The molecule has 0 aliphatic heterocycles. The topological polar surface area (TPSA) is 0 Å². The summed E-state index contributed by atoms with van der Waals surface area (Å²) in [6.45, 7) is 0. The van der Waals surface area contributed by atoms with Crippen LogP contribution in [0.5, 0.6) is 0 Å². The average Bonchev–Trinajstić information content (AvgIpc) is 3.01. The van der Waals surface area contributed by atoms with E-state index < -0.39 is 0 Å². The van der Waals surface area contributed by atoms with Crippen LogP contribution in [0.1, 0.15) is 22.3 Å². The van der Waals surface area contributed by atoms with Crippen molar-refractivity contribution in [2.24, 2.45) is 0 Å². The molecule has 0 unspecified atom stereocenters. The zero-order valence-corrected chi connectivity index (χ0v) is 21.2. The van der Waals surface area contributed by atoms with Gasteiger partial charge in [-0.1, -0.05) is 170 Å². The first kappa shape index (κ1) is 23.5. The SMILES string of the molecule is c1ccc(C(=C(c2ccccc2)c2cccc(-c3ccccc3)c2-c2ccccc2)c2ccccc2)cc1. The Kier molecular flexibility index (Phi) is 6.78. The minimum absolute atomic E-state index is 1.19. The molecule has 0 spiro atoms. The summed E-state index contributed by atoms with van der Waals surface area (Å²) in [7, 11) is 0. The van der Waals surface area contributed by atoms with E-state index in [2.05, 4.69) is 170 Å². The van der Waals surface area contributed by atoms with Crippen molar-refractivity contribution in [1.82, 2.24) is 0 Å². The number of hydrogen-bond acceptors (Lipinski definition) is 0. The summed E-state index contributed by atoms with van der Waals surface area (Å²) in [5.41, 5.74) is 12.1. The smallest absolute Gasteiger partial charge is 0.00204 e. The van der Waals surface area contributed by atoms with Gasteiger partial charge in [0.2, 0.25) is 0 Å². The first-order valence-corrected chi connectivity index (χ1v) is 13.0. The summed E-state index contributed by atoms with van der Waals surface area (Å²) in [6.07, 6.45) is 0. The van der Waals surface area contributed by atoms with Crippen molar-refractivity contribution in [3.8, 4) is 22.3 Å². The monoisotopic (exact) mass is 484 g/mol. The quantitative estimate of drug-likeness (QED) is 0.206. The fraction of sp³-hybridized carbons (Fsp3) is 0. The van der Waals surface area contributed by atoms with Crippen molar-refractivity contribution < 1.29 is 0 Å². The molecule has 0 amide bonds. The largest absolute Gasteiger partial charge is 0.0622 e. The minimum atomic E-state index is 1.19. The molecule has 0 aromatic heterocycles. The molecule has 0 heteroatoms. The van der Waals surface area contributed by atoms with Gasteiger partial charge in [0, 0.05) is 0 Å². The molecule has 0 nitrogen and oxygen atoms in total. The fourth-order valence-electron chi connectivity index (χ4n) is 5.24. The lowest BCUT2D eigenvalue weighted by Crippen LogP contribution is -2.00. The van der Waals surface area contributed by atoms with Gasteiger partial charge in [0.1, 0.15) is 0 Å². The van der Waals surface area contributed by atoms with Crippen molar-refractivity contribution in [2.75, 3.05) is 0 Å². The predicted molar refractivity (Wildman–Crippen MR) is 162 cm³/mol.